The Morgan fingerprint density at radius 1 is 1.10 bits per heavy atom. The molecule has 0 fully saturated rings. The van der Waals surface area contributed by atoms with E-state index in [1.807, 2.05) is 42.5 Å². The average Bonchev–Trinajstić information content (AvgIpc) is 2.53. The highest BCUT2D eigenvalue weighted by molar-refractivity contribution is 7.99. The first kappa shape index (κ1) is 15.4. The molecular weight excluding hydrogens is 282 g/mol. The molecule has 0 saturated heterocycles. The summed E-state index contributed by atoms with van der Waals surface area (Å²) in [6, 6.07) is 17.7. The lowest BCUT2D eigenvalue weighted by molar-refractivity contribution is -0.120. The summed E-state index contributed by atoms with van der Waals surface area (Å²) in [6.07, 6.45) is 0.403. The van der Waals surface area contributed by atoms with E-state index in [9.17, 15) is 4.79 Å². The van der Waals surface area contributed by atoms with Crippen LogP contribution in [0.5, 0.6) is 5.75 Å². The molecule has 0 atom stereocenters. The number of hydrogen-bond donors (Lipinski definition) is 1. The maximum absolute atomic E-state index is 11.8. The van der Waals surface area contributed by atoms with Crippen LogP contribution in [-0.2, 0) is 11.2 Å². The molecule has 21 heavy (non-hydrogen) atoms. The largest absolute Gasteiger partial charge is 0.497 e. The van der Waals surface area contributed by atoms with E-state index in [4.69, 9.17) is 4.74 Å². The minimum atomic E-state index is 0.0498. The van der Waals surface area contributed by atoms with E-state index in [2.05, 4.69) is 17.4 Å². The van der Waals surface area contributed by atoms with Crippen molar-refractivity contribution in [1.29, 1.82) is 0 Å². The lowest BCUT2D eigenvalue weighted by atomic mass is 10.1. The van der Waals surface area contributed by atoms with E-state index in [-0.39, 0.29) is 5.91 Å². The number of hydrogen-bond acceptors (Lipinski definition) is 3. The first-order valence-corrected chi connectivity index (χ1v) is 7.84. The third-order valence-electron chi connectivity index (χ3n) is 2.96. The second-order valence-corrected chi connectivity index (χ2v) is 5.70. The Morgan fingerprint density at radius 3 is 2.48 bits per heavy atom. The molecule has 0 bridgehead atoms. The van der Waals surface area contributed by atoms with Crippen molar-refractivity contribution in [3.05, 3.63) is 60.2 Å². The summed E-state index contributed by atoms with van der Waals surface area (Å²) >= 11 is 1.74. The molecule has 0 saturated carbocycles. The number of thioether (sulfide) groups is 1. The zero-order valence-electron chi connectivity index (χ0n) is 12.0. The van der Waals surface area contributed by atoms with Crippen LogP contribution in [0.4, 0.5) is 0 Å². The smallest absolute Gasteiger partial charge is 0.224 e. The quantitative estimate of drug-likeness (QED) is 0.630. The number of benzene rings is 2. The number of amides is 1. The molecular formula is C17H19NO2S. The summed E-state index contributed by atoms with van der Waals surface area (Å²) in [6.45, 7) is 0.675. The molecule has 0 spiro atoms. The van der Waals surface area contributed by atoms with Crippen LogP contribution in [0.15, 0.2) is 59.5 Å². The molecule has 0 heterocycles. The zero-order valence-corrected chi connectivity index (χ0v) is 12.9. The monoisotopic (exact) mass is 301 g/mol. The Kier molecular flexibility index (Phi) is 6.16. The Labute approximate surface area is 129 Å². The molecule has 0 unspecified atom stereocenters. The summed E-state index contributed by atoms with van der Waals surface area (Å²) in [7, 11) is 1.63. The highest BCUT2D eigenvalue weighted by Crippen LogP contribution is 2.15. The van der Waals surface area contributed by atoms with Gasteiger partial charge in [-0.15, -0.1) is 11.8 Å². The molecule has 0 aliphatic carbocycles. The van der Waals surface area contributed by atoms with Gasteiger partial charge >= 0.3 is 0 Å². The third-order valence-corrected chi connectivity index (χ3v) is 3.97. The van der Waals surface area contributed by atoms with Crippen LogP contribution in [0.3, 0.4) is 0 Å². The first-order valence-electron chi connectivity index (χ1n) is 6.85. The van der Waals surface area contributed by atoms with Crippen molar-refractivity contribution in [3.63, 3.8) is 0 Å². The number of methoxy groups -OCH3 is 1. The maximum atomic E-state index is 11.8. The van der Waals surface area contributed by atoms with E-state index in [0.717, 1.165) is 17.1 Å². The first-order chi connectivity index (χ1) is 10.3. The van der Waals surface area contributed by atoms with Crippen molar-refractivity contribution < 1.29 is 9.53 Å². The number of rotatable bonds is 7. The van der Waals surface area contributed by atoms with Crippen LogP contribution >= 0.6 is 11.8 Å². The number of carbonyl (C=O) groups is 1. The Bertz CT molecular complexity index is 555. The van der Waals surface area contributed by atoms with Gasteiger partial charge in [-0.2, -0.15) is 0 Å². The van der Waals surface area contributed by atoms with E-state index < -0.39 is 0 Å². The molecule has 0 aromatic heterocycles. The van der Waals surface area contributed by atoms with Crippen LogP contribution in [0.1, 0.15) is 5.56 Å². The van der Waals surface area contributed by atoms with Gasteiger partial charge in [0.15, 0.2) is 0 Å². The minimum Gasteiger partial charge on any atom is -0.497 e. The van der Waals surface area contributed by atoms with Crippen molar-refractivity contribution in [3.8, 4) is 5.75 Å². The van der Waals surface area contributed by atoms with Gasteiger partial charge in [0.2, 0.25) is 5.91 Å². The second-order valence-electron chi connectivity index (χ2n) is 4.54. The normalized spacial score (nSPS) is 10.1. The molecule has 1 amide bonds. The maximum Gasteiger partial charge on any atom is 0.224 e. The predicted octanol–water partition coefficient (Wildman–Crippen LogP) is 3.15. The number of nitrogens with one attached hydrogen (secondary N) is 1. The highest BCUT2D eigenvalue weighted by Gasteiger charge is 2.03. The zero-order chi connectivity index (χ0) is 14.9. The number of carbonyl (C=O) groups excluding carboxylic acids is 1. The van der Waals surface area contributed by atoms with Crippen molar-refractivity contribution in [2.24, 2.45) is 0 Å². The minimum absolute atomic E-state index is 0.0498. The van der Waals surface area contributed by atoms with E-state index in [1.165, 1.54) is 4.90 Å². The van der Waals surface area contributed by atoms with Crippen LogP contribution in [0, 0.1) is 0 Å². The van der Waals surface area contributed by atoms with Gasteiger partial charge < -0.3 is 10.1 Å². The van der Waals surface area contributed by atoms with Crippen molar-refractivity contribution in [2.75, 3.05) is 19.4 Å². The summed E-state index contributed by atoms with van der Waals surface area (Å²) in [5, 5.41) is 2.94. The van der Waals surface area contributed by atoms with Crippen molar-refractivity contribution in [1.82, 2.24) is 5.32 Å². The molecule has 110 valence electrons. The molecule has 3 nitrogen and oxygen atoms in total. The summed E-state index contributed by atoms with van der Waals surface area (Å²) < 4.78 is 5.09. The van der Waals surface area contributed by atoms with Gasteiger partial charge in [0.25, 0.3) is 0 Å². The van der Waals surface area contributed by atoms with Gasteiger partial charge in [0, 0.05) is 17.2 Å². The van der Waals surface area contributed by atoms with E-state index >= 15 is 0 Å². The third kappa shape index (κ3) is 5.52. The predicted molar refractivity (Wildman–Crippen MR) is 86.9 cm³/mol. The van der Waals surface area contributed by atoms with Gasteiger partial charge in [-0.3, -0.25) is 4.79 Å². The Hall–Kier alpha value is -1.94. The van der Waals surface area contributed by atoms with E-state index in [0.29, 0.717) is 13.0 Å². The van der Waals surface area contributed by atoms with Gasteiger partial charge in [0.1, 0.15) is 5.75 Å². The summed E-state index contributed by atoms with van der Waals surface area (Å²) in [5.74, 6) is 1.73. The van der Waals surface area contributed by atoms with Crippen molar-refractivity contribution in [2.45, 2.75) is 11.3 Å². The van der Waals surface area contributed by atoms with Gasteiger partial charge in [-0.05, 0) is 29.8 Å². The van der Waals surface area contributed by atoms with Crippen LogP contribution in [0.2, 0.25) is 0 Å². The van der Waals surface area contributed by atoms with Crippen LogP contribution < -0.4 is 10.1 Å². The lowest BCUT2D eigenvalue weighted by Gasteiger charge is -2.06. The molecule has 1 N–H and O–H groups in total. The average molecular weight is 301 g/mol. The Morgan fingerprint density at radius 2 is 1.81 bits per heavy atom. The Balaban J connectivity index is 1.67. The van der Waals surface area contributed by atoms with Gasteiger partial charge in [-0.25, -0.2) is 0 Å². The molecule has 0 aliphatic rings. The van der Waals surface area contributed by atoms with Gasteiger partial charge in [-0.1, -0.05) is 30.3 Å². The lowest BCUT2D eigenvalue weighted by Crippen LogP contribution is -2.27. The highest BCUT2D eigenvalue weighted by atomic mass is 32.2. The molecule has 0 radical (unpaired) electrons. The standard InChI is InChI=1S/C17H19NO2S/c1-20-15-9-7-14(8-10-15)13-17(19)18-11-12-21-16-5-3-2-4-6-16/h2-10H,11-13H2,1H3,(H,18,19). The molecule has 2 rings (SSSR count). The molecule has 2 aromatic rings. The molecule has 4 heteroatoms. The van der Waals surface area contributed by atoms with Crippen LogP contribution in [-0.4, -0.2) is 25.3 Å². The van der Waals surface area contributed by atoms with E-state index in [1.54, 1.807) is 18.9 Å². The topological polar surface area (TPSA) is 38.3 Å². The fourth-order valence-electron chi connectivity index (χ4n) is 1.87. The fourth-order valence-corrected chi connectivity index (χ4v) is 2.66. The second kappa shape index (κ2) is 8.37. The van der Waals surface area contributed by atoms with Gasteiger partial charge in [0.05, 0.1) is 13.5 Å². The van der Waals surface area contributed by atoms with Crippen LogP contribution in [0.25, 0.3) is 0 Å². The number of ether oxygens (including phenoxy) is 1. The SMILES string of the molecule is COc1ccc(CC(=O)NCCSc2ccccc2)cc1. The molecule has 2 aromatic carbocycles. The summed E-state index contributed by atoms with van der Waals surface area (Å²) in [5.41, 5.74) is 0.990. The fraction of sp³-hybridized carbons (Fsp3) is 0.235. The van der Waals surface area contributed by atoms with Crippen molar-refractivity contribution >= 4 is 17.7 Å². The summed E-state index contributed by atoms with van der Waals surface area (Å²) in [4.78, 5) is 13.1. The molecule has 0 aliphatic heterocycles.